The lowest BCUT2D eigenvalue weighted by atomic mass is 10.1. The lowest BCUT2D eigenvalue weighted by molar-refractivity contribution is -0.135. The molecule has 162 valence electrons. The number of nitrogens with zero attached hydrogens (tertiary/aromatic N) is 2. The second-order valence-electron chi connectivity index (χ2n) is 8.14. The number of pyridine rings is 1. The number of aromatic nitrogens is 2. The number of benzene rings is 2. The molecule has 0 amide bonds. The number of methoxy groups -OCH3 is 1. The van der Waals surface area contributed by atoms with Gasteiger partial charge in [-0.15, -0.1) is 0 Å². The van der Waals surface area contributed by atoms with Crippen molar-refractivity contribution < 1.29 is 14.3 Å². The highest BCUT2D eigenvalue weighted by Gasteiger charge is 2.32. The first-order valence-electron chi connectivity index (χ1n) is 10.8. The minimum absolute atomic E-state index is 0.0230. The van der Waals surface area contributed by atoms with E-state index >= 15 is 0 Å². The highest BCUT2D eigenvalue weighted by Crippen LogP contribution is 2.38. The number of aryl methyl sites for hydroxylation is 1. The summed E-state index contributed by atoms with van der Waals surface area (Å²) in [5, 5.41) is 3.55. The van der Waals surface area contributed by atoms with Crippen molar-refractivity contribution in [3.8, 4) is 22.8 Å². The van der Waals surface area contributed by atoms with E-state index in [4.69, 9.17) is 14.5 Å². The van der Waals surface area contributed by atoms with E-state index in [1.54, 1.807) is 13.2 Å². The molecule has 1 aliphatic carbocycles. The van der Waals surface area contributed by atoms with Gasteiger partial charge in [0.2, 0.25) is 0 Å². The van der Waals surface area contributed by atoms with Crippen molar-refractivity contribution in [2.45, 2.75) is 26.3 Å². The zero-order valence-electron chi connectivity index (χ0n) is 18.2. The van der Waals surface area contributed by atoms with Crippen LogP contribution in [-0.4, -0.2) is 22.5 Å². The number of hydrogen-bond acceptors (Lipinski definition) is 5. The fraction of sp³-hybridized carbons (Fsp3) is 0.231. The number of rotatable bonds is 7. The molecule has 2 aromatic heterocycles. The third-order valence-electron chi connectivity index (χ3n) is 5.64. The number of fused-ring (bicyclic) bond motifs is 1. The Balaban J connectivity index is 1.52. The Labute approximate surface area is 186 Å². The number of ether oxygens (including phenoxy) is 2. The van der Waals surface area contributed by atoms with Gasteiger partial charge in [0.25, 0.3) is 0 Å². The maximum Gasteiger partial charge on any atom is 0.314 e. The van der Waals surface area contributed by atoms with Gasteiger partial charge in [-0.1, -0.05) is 30.3 Å². The highest BCUT2D eigenvalue weighted by molar-refractivity contribution is 5.81. The second-order valence-corrected chi connectivity index (χ2v) is 8.14. The maximum atomic E-state index is 12.1. The Morgan fingerprint density at radius 3 is 2.66 bits per heavy atom. The predicted molar refractivity (Wildman–Crippen MR) is 124 cm³/mol. The molecule has 0 spiro atoms. The average Bonchev–Trinajstić information content (AvgIpc) is 3.60. The van der Waals surface area contributed by atoms with Crippen LogP contribution < -0.4 is 14.8 Å². The van der Waals surface area contributed by atoms with Crippen LogP contribution in [0.25, 0.3) is 16.9 Å². The molecule has 6 nitrogen and oxygen atoms in total. The van der Waals surface area contributed by atoms with Gasteiger partial charge >= 0.3 is 5.97 Å². The zero-order chi connectivity index (χ0) is 22.1. The van der Waals surface area contributed by atoms with E-state index in [0.29, 0.717) is 18.0 Å². The standard InChI is InChI=1S/C26H25N3O3/c1-17-12-13-29-23(14-17)28-24(25(29)27-16-18-6-4-3-5-7-18)20-10-11-21(22(15-20)31-2)32-26(30)19-8-9-19/h3-7,10-15,19,27H,8-9,16H2,1-2H3. The molecule has 0 saturated heterocycles. The molecule has 2 aromatic carbocycles. The van der Waals surface area contributed by atoms with Gasteiger partial charge in [0.05, 0.1) is 13.0 Å². The molecule has 2 heterocycles. The molecule has 1 saturated carbocycles. The summed E-state index contributed by atoms with van der Waals surface area (Å²) < 4.78 is 13.1. The molecule has 1 fully saturated rings. The van der Waals surface area contributed by atoms with E-state index in [1.165, 1.54) is 5.56 Å². The van der Waals surface area contributed by atoms with Gasteiger partial charge in [-0.05, 0) is 61.2 Å². The molecule has 0 aliphatic heterocycles. The molecular formula is C26H25N3O3. The molecule has 1 aliphatic rings. The van der Waals surface area contributed by atoms with Crippen LogP contribution in [0.3, 0.4) is 0 Å². The lowest BCUT2D eigenvalue weighted by Crippen LogP contribution is -2.10. The molecule has 0 unspecified atom stereocenters. The van der Waals surface area contributed by atoms with Gasteiger partial charge in [-0.25, -0.2) is 4.98 Å². The van der Waals surface area contributed by atoms with E-state index < -0.39 is 0 Å². The summed E-state index contributed by atoms with van der Waals surface area (Å²) in [5.41, 5.74) is 4.87. The molecule has 32 heavy (non-hydrogen) atoms. The normalized spacial score (nSPS) is 13.2. The summed E-state index contributed by atoms with van der Waals surface area (Å²) >= 11 is 0. The van der Waals surface area contributed by atoms with Crippen LogP contribution in [0, 0.1) is 12.8 Å². The van der Waals surface area contributed by atoms with Crippen LogP contribution in [0.4, 0.5) is 5.82 Å². The third-order valence-corrected chi connectivity index (χ3v) is 5.64. The van der Waals surface area contributed by atoms with Gasteiger partial charge < -0.3 is 14.8 Å². The lowest BCUT2D eigenvalue weighted by Gasteiger charge is -2.12. The predicted octanol–water partition coefficient (Wildman–Crippen LogP) is 5.25. The number of anilines is 1. The van der Waals surface area contributed by atoms with E-state index in [0.717, 1.165) is 41.1 Å². The first kappa shape index (κ1) is 20.1. The molecule has 5 rings (SSSR count). The quantitative estimate of drug-likeness (QED) is 0.323. The van der Waals surface area contributed by atoms with Gasteiger partial charge in [-0.2, -0.15) is 0 Å². The van der Waals surface area contributed by atoms with Gasteiger partial charge in [-0.3, -0.25) is 9.20 Å². The van der Waals surface area contributed by atoms with Crippen LogP contribution in [0.15, 0.2) is 66.9 Å². The number of carbonyl (C=O) groups excluding carboxylic acids is 1. The number of imidazole rings is 1. The van der Waals surface area contributed by atoms with Gasteiger partial charge in [0.1, 0.15) is 17.2 Å². The summed E-state index contributed by atoms with van der Waals surface area (Å²) in [4.78, 5) is 17.0. The Bertz CT molecular complexity index is 1280. The Morgan fingerprint density at radius 1 is 1.09 bits per heavy atom. The number of carbonyl (C=O) groups is 1. The van der Waals surface area contributed by atoms with Crippen molar-refractivity contribution in [1.29, 1.82) is 0 Å². The number of hydrogen-bond donors (Lipinski definition) is 1. The number of nitrogens with one attached hydrogen (secondary N) is 1. The molecular weight excluding hydrogens is 402 g/mol. The van der Waals surface area contributed by atoms with E-state index in [-0.39, 0.29) is 11.9 Å². The Kier molecular flexibility index (Phi) is 5.27. The minimum atomic E-state index is -0.190. The molecule has 0 atom stereocenters. The average molecular weight is 428 g/mol. The molecule has 0 radical (unpaired) electrons. The second kappa shape index (κ2) is 8.38. The summed E-state index contributed by atoms with van der Waals surface area (Å²) in [6.45, 7) is 2.72. The molecule has 0 bridgehead atoms. The van der Waals surface area contributed by atoms with Crippen LogP contribution in [0.1, 0.15) is 24.0 Å². The first-order chi connectivity index (χ1) is 15.6. The van der Waals surface area contributed by atoms with E-state index in [9.17, 15) is 4.79 Å². The highest BCUT2D eigenvalue weighted by atomic mass is 16.6. The largest absolute Gasteiger partial charge is 0.493 e. The fourth-order valence-electron chi connectivity index (χ4n) is 3.71. The first-order valence-corrected chi connectivity index (χ1v) is 10.8. The van der Waals surface area contributed by atoms with E-state index in [1.807, 2.05) is 36.5 Å². The molecule has 6 heteroatoms. The zero-order valence-corrected chi connectivity index (χ0v) is 18.2. The SMILES string of the molecule is COc1cc(-c2nc3cc(C)ccn3c2NCc2ccccc2)ccc1OC(=O)C1CC1. The summed E-state index contributed by atoms with van der Waals surface area (Å²) in [6, 6.07) is 19.9. The monoisotopic (exact) mass is 427 g/mol. The maximum absolute atomic E-state index is 12.1. The van der Waals surface area contributed by atoms with Crippen molar-refractivity contribution in [1.82, 2.24) is 9.38 Å². The van der Waals surface area contributed by atoms with Crippen molar-refractivity contribution >= 4 is 17.4 Å². The fourth-order valence-corrected chi connectivity index (χ4v) is 3.71. The van der Waals surface area contributed by atoms with E-state index in [2.05, 4.69) is 40.9 Å². The van der Waals surface area contributed by atoms with Crippen LogP contribution in [0.2, 0.25) is 0 Å². The summed E-state index contributed by atoms with van der Waals surface area (Å²) in [5.74, 6) is 1.68. The third kappa shape index (κ3) is 4.04. The minimum Gasteiger partial charge on any atom is -0.493 e. The summed E-state index contributed by atoms with van der Waals surface area (Å²) in [7, 11) is 1.58. The smallest absolute Gasteiger partial charge is 0.314 e. The number of esters is 1. The van der Waals surface area contributed by atoms with Gasteiger partial charge in [0.15, 0.2) is 11.5 Å². The van der Waals surface area contributed by atoms with Crippen LogP contribution in [-0.2, 0) is 11.3 Å². The van der Waals surface area contributed by atoms with Gasteiger partial charge in [0, 0.05) is 18.3 Å². The van der Waals surface area contributed by atoms with Crippen molar-refractivity contribution in [2.75, 3.05) is 12.4 Å². The van der Waals surface area contributed by atoms with Crippen molar-refractivity contribution in [3.63, 3.8) is 0 Å². The Hall–Kier alpha value is -3.80. The van der Waals surface area contributed by atoms with Crippen molar-refractivity contribution in [3.05, 3.63) is 78.0 Å². The topological polar surface area (TPSA) is 64.9 Å². The molecule has 4 aromatic rings. The summed E-state index contributed by atoms with van der Waals surface area (Å²) in [6.07, 6.45) is 3.82. The van der Waals surface area contributed by atoms with Crippen LogP contribution >= 0.6 is 0 Å². The van der Waals surface area contributed by atoms with Crippen LogP contribution in [0.5, 0.6) is 11.5 Å². The van der Waals surface area contributed by atoms with Crippen molar-refractivity contribution in [2.24, 2.45) is 5.92 Å². The molecule has 1 N–H and O–H groups in total. The Morgan fingerprint density at radius 2 is 1.91 bits per heavy atom.